The summed E-state index contributed by atoms with van der Waals surface area (Å²) in [5, 5.41) is 6.48. The minimum atomic E-state index is -0.650. The number of hydrogen-bond donors (Lipinski definition) is 1. The molecule has 3 aromatic rings. The number of aromatic amines is 1. The number of nitrogens with one attached hydrogen (secondary N) is 1. The molecule has 3 heterocycles. The van der Waals surface area contributed by atoms with E-state index in [2.05, 4.69) is 10.1 Å². The number of H-pyrrole nitrogens is 1. The van der Waals surface area contributed by atoms with Crippen molar-refractivity contribution in [2.45, 2.75) is 31.8 Å². The van der Waals surface area contributed by atoms with E-state index in [1.54, 1.807) is 17.0 Å². The Labute approximate surface area is 173 Å². The number of rotatable bonds is 2. The van der Waals surface area contributed by atoms with E-state index in [1.165, 1.54) is 23.4 Å². The third-order valence-corrected chi connectivity index (χ3v) is 6.02. The van der Waals surface area contributed by atoms with Crippen LogP contribution < -0.4 is 0 Å². The van der Waals surface area contributed by atoms with Gasteiger partial charge in [-0.05, 0) is 43.2 Å². The molecule has 0 saturated carbocycles. The maximum absolute atomic E-state index is 13.4. The Balaban J connectivity index is 1.52. The fourth-order valence-corrected chi connectivity index (χ4v) is 4.69. The SMILES string of the molecule is CC1(C)c2[nH]c3ccccc3c2CC2C(=O)N(N=Cc3cccc(F)c3)CC(=O)N21. The second-order valence-electron chi connectivity index (χ2n) is 8.26. The highest BCUT2D eigenvalue weighted by Crippen LogP contribution is 2.42. The molecule has 2 aromatic carbocycles. The number of para-hydroxylation sites is 1. The highest BCUT2D eigenvalue weighted by atomic mass is 19.1. The summed E-state index contributed by atoms with van der Waals surface area (Å²) in [7, 11) is 0. The molecule has 0 aliphatic carbocycles. The van der Waals surface area contributed by atoms with E-state index in [-0.39, 0.29) is 24.2 Å². The van der Waals surface area contributed by atoms with Gasteiger partial charge in [0.1, 0.15) is 18.4 Å². The minimum absolute atomic E-state index is 0.139. The summed E-state index contributed by atoms with van der Waals surface area (Å²) < 4.78 is 13.4. The van der Waals surface area contributed by atoms with Crippen molar-refractivity contribution in [1.82, 2.24) is 14.9 Å². The highest BCUT2D eigenvalue weighted by molar-refractivity contribution is 5.98. The Morgan fingerprint density at radius 3 is 2.77 bits per heavy atom. The van der Waals surface area contributed by atoms with Crippen LogP contribution in [0, 0.1) is 5.82 Å². The highest BCUT2D eigenvalue weighted by Gasteiger charge is 2.51. The number of carbonyl (C=O) groups is 2. The molecule has 7 heteroatoms. The number of benzene rings is 2. The van der Waals surface area contributed by atoms with Crippen LogP contribution in [0.25, 0.3) is 10.9 Å². The first kappa shape index (κ1) is 18.5. The molecule has 6 nitrogen and oxygen atoms in total. The molecule has 2 aliphatic rings. The van der Waals surface area contributed by atoms with Gasteiger partial charge in [-0.25, -0.2) is 9.40 Å². The van der Waals surface area contributed by atoms with Crippen LogP contribution in [0.5, 0.6) is 0 Å². The van der Waals surface area contributed by atoms with Gasteiger partial charge in [-0.2, -0.15) is 5.10 Å². The third-order valence-electron chi connectivity index (χ3n) is 6.02. The smallest absolute Gasteiger partial charge is 0.266 e. The maximum atomic E-state index is 13.4. The Hall–Kier alpha value is -3.48. The Kier molecular flexibility index (Phi) is 4.03. The van der Waals surface area contributed by atoms with Crippen LogP contribution in [0.4, 0.5) is 4.39 Å². The molecule has 1 unspecified atom stereocenters. The summed E-state index contributed by atoms with van der Waals surface area (Å²) in [6.45, 7) is 3.79. The molecule has 1 N–H and O–H groups in total. The second-order valence-corrected chi connectivity index (χ2v) is 8.26. The summed E-state index contributed by atoms with van der Waals surface area (Å²) in [4.78, 5) is 31.5. The molecule has 0 spiro atoms. The van der Waals surface area contributed by atoms with Gasteiger partial charge in [0.25, 0.3) is 5.91 Å². The average Bonchev–Trinajstić information content (AvgIpc) is 3.09. The van der Waals surface area contributed by atoms with Gasteiger partial charge < -0.3 is 9.88 Å². The molecule has 1 aromatic heterocycles. The van der Waals surface area contributed by atoms with Gasteiger partial charge in [0.05, 0.1) is 11.8 Å². The zero-order valence-electron chi connectivity index (χ0n) is 16.7. The summed E-state index contributed by atoms with van der Waals surface area (Å²) in [5.74, 6) is -0.774. The van der Waals surface area contributed by atoms with E-state index < -0.39 is 11.6 Å². The van der Waals surface area contributed by atoms with Crippen LogP contribution in [0.15, 0.2) is 53.6 Å². The quantitative estimate of drug-likeness (QED) is 0.667. The molecule has 2 aliphatic heterocycles. The first-order valence-corrected chi connectivity index (χ1v) is 9.89. The van der Waals surface area contributed by atoms with Gasteiger partial charge >= 0.3 is 0 Å². The molecule has 30 heavy (non-hydrogen) atoms. The number of hydrogen-bond acceptors (Lipinski definition) is 3. The van der Waals surface area contributed by atoms with Crippen molar-refractivity contribution in [2.75, 3.05) is 6.54 Å². The van der Waals surface area contributed by atoms with E-state index in [0.717, 1.165) is 22.2 Å². The second kappa shape index (κ2) is 6.52. The lowest BCUT2D eigenvalue weighted by Gasteiger charge is -2.50. The van der Waals surface area contributed by atoms with Crippen molar-refractivity contribution in [3.8, 4) is 0 Å². The monoisotopic (exact) mass is 404 g/mol. The van der Waals surface area contributed by atoms with E-state index in [4.69, 9.17) is 0 Å². The molecule has 2 amide bonds. The number of piperazine rings is 1. The zero-order chi connectivity index (χ0) is 21.0. The van der Waals surface area contributed by atoms with Gasteiger partial charge in [0.15, 0.2) is 0 Å². The Morgan fingerprint density at radius 1 is 1.17 bits per heavy atom. The van der Waals surface area contributed by atoms with Gasteiger partial charge in [-0.3, -0.25) is 9.59 Å². The molecule has 1 atom stereocenters. The average molecular weight is 404 g/mol. The molecule has 5 rings (SSSR count). The number of carbonyl (C=O) groups excluding carboxylic acids is 2. The standard InChI is InChI=1S/C23H21FN4O2/c1-23(2)21-17(16-8-3-4-9-18(16)26-21)11-19-22(30)27(13-20(29)28(19)23)25-12-14-6-5-7-15(24)10-14/h3-10,12,19,26H,11,13H2,1-2H3. The fourth-order valence-electron chi connectivity index (χ4n) is 4.69. The van der Waals surface area contributed by atoms with Crippen LogP contribution in [-0.2, 0) is 21.5 Å². The lowest BCUT2D eigenvalue weighted by atomic mass is 9.82. The molecule has 1 saturated heterocycles. The maximum Gasteiger partial charge on any atom is 0.266 e. The van der Waals surface area contributed by atoms with Crippen molar-refractivity contribution in [1.29, 1.82) is 0 Å². The van der Waals surface area contributed by atoms with Crippen LogP contribution in [0.2, 0.25) is 0 Å². The summed E-state index contributed by atoms with van der Waals surface area (Å²) in [6, 6.07) is 13.3. The zero-order valence-corrected chi connectivity index (χ0v) is 16.7. The number of aromatic nitrogens is 1. The predicted octanol–water partition coefficient (Wildman–Crippen LogP) is 3.17. The van der Waals surface area contributed by atoms with Gasteiger partial charge in [-0.1, -0.05) is 30.3 Å². The minimum Gasteiger partial charge on any atom is -0.356 e. The van der Waals surface area contributed by atoms with Crippen molar-refractivity contribution < 1.29 is 14.0 Å². The first-order valence-electron chi connectivity index (χ1n) is 9.89. The number of fused-ring (bicyclic) bond motifs is 4. The van der Waals surface area contributed by atoms with E-state index in [0.29, 0.717) is 12.0 Å². The third kappa shape index (κ3) is 2.73. The Morgan fingerprint density at radius 2 is 1.97 bits per heavy atom. The largest absolute Gasteiger partial charge is 0.356 e. The summed E-state index contributed by atoms with van der Waals surface area (Å²) in [6.07, 6.45) is 1.84. The van der Waals surface area contributed by atoms with E-state index in [1.807, 2.05) is 38.1 Å². The topological polar surface area (TPSA) is 68.8 Å². The summed E-state index contributed by atoms with van der Waals surface area (Å²) in [5.41, 5.74) is 2.91. The number of hydrazone groups is 1. The van der Waals surface area contributed by atoms with E-state index >= 15 is 0 Å². The summed E-state index contributed by atoms with van der Waals surface area (Å²) >= 11 is 0. The van der Waals surface area contributed by atoms with Gasteiger partial charge in [0.2, 0.25) is 5.91 Å². The van der Waals surface area contributed by atoms with Crippen molar-refractivity contribution in [2.24, 2.45) is 5.10 Å². The van der Waals surface area contributed by atoms with Gasteiger partial charge in [0, 0.05) is 23.0 Å². The molecule has 0 bridgehead atoms. The van der Waals surface area contributed by atoms with E-state index in [9.17, 15) is 14.0 Å². The first-order chi connectivity index (χ1) is 14.4. The van der Waals surface area contributed by atoms with Crippen LogP contribution in [0.3, 0.4) is 0 Å². The van der Waals surface area contributed by atoms with Crippen molar-refractivity contribution in [3.63, 3.8) is 0 Å². The normalized spacial score (nSPS) is 20.7. The van der Waals surface area contributed by atoms with Crippen molar-refractivity contribution in [3.05, 3.63) is 71.2 Å². The van der Waals surface area contributed by atoms with Crippen LogP contribution in [-0.4, -0.2) is 45.5 Å². The lowest BCUT2D eigenvalue weighted by Crippen LogP contribution is -2.66. The van der Waals surface area contributed by atoms with Crippen LogP contribution in [0.1, 0.15) is 30.7 Å². The molecule has 0 radical (unpaired) electrons. The lowest BCUT2D eigenvalue weighted by molar-refractivity contribution is -0.163. The van der Waals surface area contributed by atoms with Crippen molar-refractivity contribution >= 4 is 28.9 Å². The predicted molar refractivity (Wildman–Crippen MR) is 111 cm³/mol. The number of halogens is 1. The molecule has 152 valence electrons. The molecule has 1 fully saturated rings. The Bertz CT molecular complexity index is 1210. The molecular weight excluding hydrogens is 383 g/mol. The van der Waals surface area contributed by atoms with Crippen LogP contribution >= 0.6 is 0 Å². The van der Waals surface area contributed by atoms with Gasteiger partial charge in [-0.15, -0.1) is 0 Å². The molecular formula is C23H21FN4O2. The number of amides is 2. The fraction of sp³-hybridized carbons (Fsp3) is 0.261. The number of nitrogens with zero attached hydrogens (tertiary/aromatic N) is 3.